The average Bonchev–Trinajstić information content (AvgIpc) is 2.35. The second-order valence-corrected chi connectivity index (χ2v) is 3.49. The molecule has 2 atom stereocenters. The molecule has 68 valence electrons. The zero-order valence-corrected chi connectivity index (χ0v) is 7.82. The van der Waals surface area contributed by atoms with Crippen LogP contribution in [0.3, 0.4) is 0 Å². The first-order chi connectivity index (χ1) is 5.59. The number of oxime groups is 1. The van der Waals surface area contributed by atoms with Crippen LogP contribution in [0.5, 0.6) is 0 Å². The lowest BCUT2D eigenvalue weighted by Crippen LogP contribution is -2.33. The van der Waals surface area contributed by atoms with E-state index in [1.807, 2.05) is 0 Å². The molecule has 0 bridgehead atoms. The van der Waals surface area contributed by atoms with Crippen LogP contribution in [0.2, 0.25) is 0 Å². The molecule has 1 unspecified atom stereocenters. The number of carboxylic acid groups (broad SMARTS) is 1. The van der Waals surface area contributed by atoms with Crippen LogP contribution in [-0.2, 0) is 9.63 Å². The zero-order chi connectivity index (χ0) is 9.14. The Morgan fingerprint density at radius 3 is 3.08 bits per heavy atom. The number of rotatable bonds is 3. The number of carboxylic acids is 1. The smallest absolute Gasteiger partial charge is 0.320 e. The normalized spacial score (nSPS) is 24.5. The highest BCUT2D eigenvalue weighted by Gasteiger charge is 2.24. The summed E-state index contributed by atoms with van der Waals surface area (Å²) in [6.07, 6.45) is 0.681. The van der Waals surface area contributed by atoms with Crippen molar-refractivity contribution in [3.63, 3.8) is 0 Å². The van der Waals surface area contributed by atoms with Crippen LogP contribution in [0.25, 0.3) is 0 Å². The summed E-state index contributed by atoms with van der Waals surface area (Å²) in [6.45, 7) is 0. The third kappa shape index (κ3) is 2.46. The fourth-order valence-electron chi connectivity index (χ4n) is 0.905. The van der Waals surface area contributed by atoms with Crippen molar-refractivity contribution in [2.45, 2.75) is 25.0 Å². The fourth-order valence-corrected chi connectivity index (χ4v) is 1.35. The van der Waals surface area contributed by atoms with Gasteiger partial charge >= 0.3 is 5.97 Å². The van der Waals surface area contributed by atoms with E-state index in [0.717, 1.165) is 0 Å². The molecule has 0 aliphatic carbocycles. The summed E-state index contributed by atoms with van der Waals surface area (Å²) >= 11 is 3.14. The Labute approximate surface area is 77.7 Å². The standard InChI is InChI=1S/C6H9BrN2O3/c7-5-2-3(12-9-5)1-4(8)6(10)11/h3-4H,1-2,8H2,(H,10,11)/t3?,4-/m1/s1. The molecule has 0 spiro atoms. The molecule has 3 N–H and O–H groups in total. The Morgan fingerprint density at radius 2 is 2.67 bits per heavy atom. The Balaban J connectivity index is 2.30. The van der Waals surface area contributed by atoms with E-state index in [0.29, 0.717) is 11.0 Å². The maximum Gasteiger partial charge on any atom is 0.320 e. The lowest BCUT2D eigenvalue weighted by molar-refractivity contribution is -0.139. The summed E-state index contributed by atoms with van der Waals surface area (Å²) in [5.74, 6) is -1.01. The minimum Gasteiger partial charge on any atom is -0.480 e. The number of hydrogen-bond acceptors (Lipinski definition) is 4. The molecule has 1 aliphatic rings. The Morgan fingerprint density at radius 1 is 2.00 bits per heavy atom. The molecule has 5 nitrogen and oxygen atoms in total. The summed E-state index contributed by atoms with van der Waals surface area (Å²) in [5.41, 5.74) is 5.30. The molecule has 12 heavy (non-hydrogen) atoms. The Kier molecular flexibility index (Phi) is 3.05. The van der Waals surface area contributed by atoms with Crippen molar-refractivity contribution < 1.29 is 14.7 Å². The molecule has 0 aromatic carbocycles. The quantitative estimate of drug-likeness (QED) is 0.738. The molecule has 0 saturated heterocycles. The van der Waals surface area contributed by atoms with Gasteiger partial charge in [0, 0.05) is 12.8 Å². The van der Waals surface area contributed by atoms with Crippen LogP contribution in [0.15, 0.2) is 5.16 Å². The molecule has 0 aromatic rings. The molecule has 1 aliphatic heterocycles. The summed E-state index contributed by atoms with van der Waals surface area (Å²) in [6, 6.07) is -0.872. The van der Waals surface area contributed by atoms with Gasteiger partial charge in [0.05, 0.1) is 0 Å². The van der Waals surface area contributed by atoms with E-state index < -0.39 is 12.0 Å². The molecule has 6 heteroatoms. The topological polar surface area (TPSA) is 84.9 Å². The molecular formula is C6H9BrN2O3. The SMILES string of the molecule is N[C@H](CC1CC(Br)=NO1)C(=O)O. The molecule has 0 fully saturated rings. The fraction of sp³-hybridized carbons (Fsp3) is 0.667. The lowest BCUT2D eigenvalue weighted by atomic mass is 10.1. The van der Waals surface area contributed by atoms with Crippen LogP contribution in [0.1, 0.15) is 12.8 Å². The van der Waals surface area contributed by atoms with E-state index in [9.17, 15) is 4.79 Å². The summed E-state index contributed by atoms with van der Waals surface area (Å²) in [5, 5.41) is 12.1. The van der Waals surface area contributed by atoms with Crippen molar-refractivity contribution >= 4 is 26.5 Å². The van der Waals surface area contributed by atoms with E-state index >= 15 is 0 Å². The van der Waals surface area contributed by atoms with Crippen molar-refractivity contribution in [1.29, 1.82) is 0 Å². The van der Waals surface area contributed by atoms with Gasteiger partial charge in [-0.15, -0.1) is 0 Å². The largest absolute Gasteiger partial charge is 0.480 e. The Bertz CT molecular complexity index is 219. The van der Waals surface area contributed by atoms with Gasteiger partial charge in [0.25, 0.3) is 0 Å². The number of hydrogen-bond donors (Lipinski definition) is 2. The Hall–Kier alpha value is -0.620. The molecule has 0 radical (unpaired) electrons. The van der Waals surface area contributed by atoms with Gasteiger partial charge in [-0.1, -0.05) is 5.16 Å². The van der Waals surface area contributed by atoms with Gasteiger partial charge in [-0.2, -0.15) is 0 Å². The van der Waals surface area contributed by atoms with E-state index in [1.54, 1.807) is 0 Å². The molecule has 0 aromatic heterocycles. The van der Waals surface area contributed by atoms with Crippen LogP contribution in [-0.4, -0.2) is 27.8 Å². The minimum atomic E-state index is -1.01. The van der Waals surface area contributed by atoms with Crippen LogP contribution in [0, 0.1) is 0 Å². The number of halogens is 1. The van der Waals surface area contributed by atoms with E-state index in [2.05, 4.69) is 21.1 Å². The lowest BCUT2D eigenvalue weighted by Gasteiger charge is -2.10. The third-order valence-corrected chi connectivity index (χ3v) is 2.00. The highest BCUT2D eigenvalue weighted by Crippen LogP contribution is 2.17. The average molecular weight is 237 g/mol. The predicted octanol–water partition coefficient (Wildman–Crippen LogP) is 0.286. The highest BCUT2D eigenvalue weighted by molar-refractivity contribution is 9.18. The monoisotopic (exact) mass is 236 g/mol. The highest BCUT2D eigenvalue weighted by atomic mass is 79.9. The molecule has 0 saturated carbocycles. The van der Waals surface area contributed by atoms with E-state index in [-0.39, 0.29) is 12.5 Å². The second kappa shape index (κ2) is 3.86. The van der Waals surface area contributed by atoms with Crippen molar-refractivity contribution in [2.75, 3.05) is 0 Å². The molecule has 0 amide bonds. The first-order valence-electron chi connectivity index (χ1n) is 3.46. The van der Waals surface area contributed by atoms with Crippen molar-refractivity contribution in [2.24, 2.45) is 10.9 Å². The maximum absolute atomic E-state index is 10.3. The number of nitrogens with two attached hydrogens (primary N) is 1. The van der Waals surface area contributed by atoms with Crippen molar-refractivity contribution in [3.05, 3.63) is 0 Å². The van der Waals surface area contributed by atoms with Gasteiger partial charge in [0.2, 0.25) is 0 Å². The van der Waals surface area contributed by atoms with Gasteiger partial charge in [-0.25, -0.2) is 0 Å². The third-order valence-electron chi connectivity index (χ3n) is 1.53. The second-order valence-electron chi connectivity index (χ2n) is 2.58. The van der Waals surface area contributed by atoms with Gasteiger partial charge in [-0.3, -0.25) is 4.79 Å². The minimum absolute atomic E-state index is 0.203. The van der Waals surface area contributed by atoms with Crippen LogP contribution >= 0.6 is 15.9 Å². The first-order valence-corrected chi connectivity index (χ1v) is 4.25. The van der Waals surface area contributed by atoms with Gasteiger partial charge in [0.15, 0.2) is 0 Å². The maximum atomic E-state index is 10.3. The summed E-state index contributed by atoms with van der Waals surface area (Å²) in [4.78, 5) is 15.2. The summed E-state index contributed by atoms with van der Waals surface area (Å²) in [7, 11) is 0. The van der Waals surface area contributed by atoms with Crippen molar-refractivity contribution in [1.82, 2.24) is 0 Å². The van der Waals surface area contributed by atoms with E-state index in [1.165, 1.54) is 0 Å². The number of nitrogens with zero attached hydrogens (tertiary/aromatic N) is 1. The van der Waals surface area contributed by atoms with Crippen molar-refractivity contribution in [3.8, 4) is 0 Å². The van der Waals surface area contributed by atoms with E-state index in [4.69, 9.17) is 15.7 Å². The molecule has 1 heterocycles. The first kappa shape index (κ1) is 9.47. The van der Waals surface area contributed by atoms with Gasteiger partial charge in [0.1, 0.15) is 16.8 Å². The number of aliphatic carboxylic acids is 1. The molecule has 1 rings (SSSR count). The van der Waals surface area contributed by atoms with Gasteiger partial charge in [-0.05, 0) is 15.9 Å². The zero-order valence-electron chi connectivity index (χ0n) is 6.24. The molecular weight excluding hydrogens is 228 g/mol. The van der Waals surface area contributed by atoms with Crippen LogP contribution < -0.4 is 5.73 Å². The van der Waals surface area contributed by atoms with Gasteiger partial charge < -0.3 is 15.7 Å². The predicted molar refractivity (Wildman–Crippen MR) is 46.1 cm³/mol. The number of carbonyl (C=O) groups is 1. The van der Waals surface area contributed by atoms with Crippen LogP contribution in [0.4, 0.5) is 0 Å². The summed E-state index contributed by atoms with van der Waals surface area (Å²) < 4.78 is 0.699.